The Morgan fingerprint density at radius 1 is 1.21 bits per heavy atom. The largest absolute Gasteiger partial charge is 0.294 e. The normalized spacial score (nSPS) is 16.2. The molecule has 5 heteroatoms. The Balaban J connectivity index is 2.81. The maximum Gasteiger partial charge on any atom is 0.249 e. The van der Waals surface area contributed by atoms with Crippen LogP contribution in [0.15, 0.2) is 37.2 Å². The van der Waals surface area contributed by atoms with E-state index in [4.69, 9.17) is 0 Å². The molecule has 1 heterocycles. The van der Waals surface area contributed by atoms with E-state index >= 15 is 0 Å². The van der Waals surface area contributed by atoms with Crippen molar-refractivity contribution in [1.29, 1.82) is 0 Å². The average Bonchev–Trinajstić information content (AvgIpc) is 2.91. The molecule has 0 N–H and O–H groups in total. The summed E-state index contributed by atoms with van der Waals surface area (Å²) in [6.07, 6.45) is 9.93. The fourth-order valence-corrected chi connectivity index (χ4v) is 2.67. The van der Waals surface area contributed by atoms with Crippen molar-refractivity contribution in [3.05, 3.63) is 37.2 Å². The van der Waals surface area contributed by atoms with Crippen molar-refractivity contribution < 1.29 is 14.4 Å². The number of amides is 2. The summed E-state index contributed by atoms with van der Waals surface area (Å²) in [6.45, 7) is 11.4. The lowest BCUT2D eigenvalue weighted by Gasteiger charge is -2.25. The summed E-state index contributed by atoms with van der Waals surface area (Å²) in [7, 11) is 0. The zero-order valence-corrected chi connectivity index (χ0v) is 14.8. The van der Waals surface area contributed by atoms with Gasteiger partial charge in [0.15, 0.2) is 5.78 Å². The quantitative estimate of drug-likeness (QED) is 0.250. The van der Waals surface area contributed by atoms with E-state index in [-0.39, 0.29) is 36.4 Å². The van der Waals surface area contributed by atoms with E-state index < -0.39 is 0 Å². The lowest BCUT2D eigenvalue weighted by molar-refractivity contribution is -0.149. The summed E-state index contributed by atoms with van der Waals surface area (Å²) in [5, 5.41) is 2.31. The second kappa shape index (κ2) is 9.85. The molecule has 0 bridgehead atoms. The number of rotatable bonds is 11. The first-order valence-corrected chi connectivity index (χ1v) is 8.61. The van der Waals surface area contributed by atoms with E-state index in [1.165, 1.54) is 29.9 Å². The number of carbonyl (C=O) groups is 3. The fourth-order valence-electron chi connectivity index (χ4n) is 2.67. The van der Waals surface area contributed by atoms with E-state index in [0.29, 0.717) is 5.57 Å². The SMILES string of the molecule is C=C/C(=C\N(C=C)N1C(=O)CCC1=O)C(=O)C(C)CCCCCC. The number of hydrazine groups is 1. The summed E-state index contributed by atoms with van der Waals surface area (Å²) in [5.41, 5.74) is 0.380. The lowest BCUT2D eigenvalue weighted by atomic mass is 9.94. The number of hydrogen-bond acceptors (Lipinski definition) is 4. The van der Waals surface area contributed by atoms with Gasteiger partial charge in [0.05, 0.1) is 0 Å². The minimum Gasteiger partial charge on any atom is -0.294 e. The first-order chi connectivity index (χ1) is 11.5. The van der Waals surface area contributed by atoms with Gasteiger partial charge in [-0.2, -0.15) is 5.01 Å². The van der Waals surface area contributed by atoms with Crippen molar-refractivity contribution >= 4 is 17.6 Å². The molecule has 0 aromatic heterocycles. The minimum absolute atomic E-state index is 0.0348. The van der Waals surface area contributed by atoms with Crippen molar-refractivity contribution in [2.24, 2.45) is 5.92 Å². The van der Waals surface area contributed by atoms with E-state index in [2.05, 4.69) is 20.1 Å². The summed E-state index contributed by atoms with van der Waals surface area (Å²) in [6, 6.07) is 0. The Hall–Kier alpha value is -2.17. The van der Waals surface area contributed by atoms with Crippen molar-refractivity contribution in [3.63, 3.8) is 0 Å². The van der Waals surface area contributed by atoms with Crippen molar-refractivity contribution in [3.8, 4) is 0 Å². The highest BCUT2D eigenvalue weighted by Crippen LogP contribution is 2.20. The van der Waals surface area contributed by atoms with Crippen LogP contribution in [0.1, 0.15) is 58.8 Å². The molecular formula is C19H28N2O3. The summed E-state index contributed by atoms with van der Waals surface area (Å²) >= 11 is 0. The van der Waals surface area contributed by atoms with Gasteiger partial charge < -0.3 is 0 Å². The van der Waals surface area contributed by atoms with E-state index in [0.717, 1.165) is 30.7 Å². The Kier molecular flexibility index (Phi) is 8.16. The molecular weight excluding hydrogens is 304 g/mol. The number of unbranched alkanes of at least 4 members (excludes halogenated alkanes) is 3. The molecule has 5 nitrogen and oxygen atoms in total. The van der Waals surface area contributed by atoms with Crippen LogP contribution >= 0.6 is 0 Å². The number of allylic oxidation sites excluding steroid dienone is 2. The molecule has 0 radical (unpaired) electrons. The third kappa shape index (κ3) is 5.18. The van der Waals surface area contributed by atoms with Crippen LogP contribution in [0.2, 0.25) is 0 Å². The predicted octanol–water partition coefficient (Wildman–Crippen LogP) is 3.74. The van der Waals surface area contributed by atoms with Gasteiger partial charge in [0.2, 0.25) is 11.8 Å². The van der Waals surface area contributed by atoms with Gasteiger partial charge in [-0.15, -0.1) is 0 Å². The van der Waals surface area contributed by atoms with Gasteiger partial charge in [-0.25, -0.2) is 0 Å². The second-order valence-corrected chi connectivity index (χ2v) is 6.07. The van der Waals surface area contributed by atoms with Crippen molar-refractivity contribution in [1.82, 2.24) is 10.0 Å². The highest BCUT2D eigenvalue weighted by atomic mass is 16.2. The van der Waals surface area contributed by atoms with Gasteiger partial charge >= 0.3 is 0 Å². The molecule has 1 atom stereocenters. The molecule has 1 fully saturated rings. The predicted molar refractivity (Wildman–Crippen MR) is 94.3 cm³/mol. The van der Waals surface area contributed by atoms with E-state index in [1.54, 1.807) is 0 Å². The number of ketones is 1. The monoisotopic (exact) mass is 332 g/mol. The first kappa shape index (κ1) is 19.9. The van der Waals surface area contributed by atoms with Gasteiger partial charge in [0.1, 0.15) is 0 Å². The Labute approximate surface area is 144 Å². The molecule has 0 spiro atoms. The maximum atomic E-state index is 12.6. The third-order valence-corrected chi connectivity index (χ3v) is 4.16. The highest BCUT2D eigenvalue weighted by molar-refractivity contribution is 6.02. The fraction of sp³-hybridized carbons (Fsp3) is 0.526. The topological polar surface area (TPSA) is 57.7 Å². The molecule has 132 valence electrons. The van der Waals surface area contributed by atoms with Crippen LogP contribution < -0.4 is 0 Å². The van der Waals surface area contributed by atoms with Crippen LogP contribution in [-0.4, -0.2) is 27.6 Å². The van der Waals surface area contributed by atoms with Gasteiger partial charge in [-0.1, -0.05) is 58.8 Å². The van der Waals surface area contributed by atoms with Crippen LogP contribution in [0.5, 0.6) is 0 Å². The molecule has 0 aromatic rings. The van der Waals surface area contributed by atoms with Crippen molar-refractivity contribution in [2.75, 3.05) is 0 Å². The Morgan fingerprint density at radius 3 is 2.33 bits per heavy atom. The number of Topliss-reactive ketones (excluding diaryl/α,β-unsaturated/α-hetero) is 1. The molecule has 1 rings (SSSR count). The van der Waals surface area contributed by atoms with Gasteiger partial charge in [-0.3, -0.25) is 19.4 Å². The maximum absolute atomic E-state index is 12.6. The average molecular weight is 332 g/mol. The molecule has 0 aromatic carbocycles. The number of imide groups is 1. The van der Waals surface area contributed by atoms with Gasteiger partial charge in [0, 0.05) is 36.7 Å². The summed E-state index contributed by atoms with van der Waals surface area (Å²) < 4.78 is 0. The standard InChI is InChI=1S/C19H28N2O3/c1-5-8-9-10-11-15(4)19(24)16(6-2)14-20(7-3)21-17(22)12-13-18(21)23/h6-7,14-15H,2-3,5,8-13H2,1,4H3/b16-14+. The van der Waals surface area contributed by atoms with Crippen LogP contribution in [0, 0.1) is 5.92 Å². The molecule has 1 saturated heterocycles. The van der Waals surface area contributed by atoms with E-state index in [9.17, 15) is 14.4 Å². The first-order valence-electron chi connectivity index (χ1n) is 8.61. The van der Waals surface area contributed by atoms with Crippen LogP contribution in [0.3, 0.4) is 0 Å². The Bertz CT molecular complexity index is 521. The molecule has 1 aliphatic rings. The molecule has 1 unspecified atom stereocenters. The van der Waals surface area contributed by atoms with Gasteiger partial charge in [-0.05, 0) is 6.42 Å². The van der Waals surface area contributed by atoms with Crippen LogP contribution in [0.4, 0.5) is 0 Å². The van der Waals surface area contributed by atoms with Crippen LogP contribution in [0.25, 0.3) is 0 Å². The van der Waals surface area contributed by atoms with Crippen molar-refractivity contribution in [2.45, 2.75) is 58.8 Å². The zero-order valence-electron chi connectivity index (χ0n) is 14.8. The third-order valence-electron chi connectivity index (χ3n) is 4.16. The Morgan fingerprint density at radius 2 is 1.83 bits per heavy atom. The molecule has 1 aliphatic heterocycles. The van der Waals surface area contributed by atoms with E-state index in [1.807, 2.05) is 6.92 Å². The minimum atomic E-state index is -0.292. The molecule has 2 amide bonds. The number of hydrogen-bond donors (Lipinski definition) is 0. The van der Waals surface area contributed by atoms with Gasteiger partial charge in [0.25, 0.3) is 0 Å². The molecule has 24 heavy (non-hydrogen) atoms. The smallest absolute Gasteiger partial charge is 0.249 e. The number of nitrogens with zero attached hydrogens (tertiary/aromatic N) is 2. The number of carbonyl (C=O) groups excluding carboxylic acids is 3. The second-order valence-electron chi connectivity index (χ2n) is 6.07. The van der Waals surface area contributed by atoms with Crippen LogP contribution in [-0.2, 0) is 14.4 Å². The lowest BCUT2D eigenvalue weighted by Crippen LogP contribution is -2.40. The highest BCUT2D eigenvalue weighted by Gasteiger charge is 2.32. The summed E-state index contributed by atoms with van der Waals surface area (Å²) in [5.74, 6) is -0.741. The molecule has 0 aliphatic carbocycles. The zero-order chi connectivity index (χ0) is 18.1. The summed E-state index contributed by atoms with van der Waals surface area (Å²) in [4.78, 5) is 36.3. The molecule has 0 saturated carbocycles.